The van der Waals surface area contributed by atoms with E-state index in [0.717, 1.165) is 63.9 Å². The Morgan fingerprint density at radius 3 is 2.46 bits per heavy atom. The number of amides is 1. The van der Waals surface area contributed by atoms with Crippen LogP contribution >= 0.6 is 0 Å². The minimum atomic E-state index is -0.183. The van der Waals surface area contributed by atoms with Gasteiger partial charge in [-0.05, 0) is 73.1 Å². The Bertz CT molecular complexity index is 1290. The number of carbonyl (C=O) groups is 2. The minimum absolute atomic E-state index is 0.0360. The number of para-hydroxylation sites is 1. The van der Waals surface area contributed by atoms with E-state index in [0.29, 0.717) is 25.9 Å². The summed E-state index contributed by atoms with van der Waals surface area (Å²) in [6.45, 7) is 1.11. The maximum atomic E-state index is 13.9. The summed E-state index contributed by atoms with van der Waals surface area (Å²) in [5.41, 5.74) is 5.80. The third-order valence-corrected chi connectivity index (χ3v) is 7.16. The molecule has 35 heavy (non-hydrogen) atoms. The van der Waals surface area contributed by atoms with Crippen molar-refractivity contribution in [3.8, 4) is 5.75 Å². The highest BCUT2D eigenvalue weighted by Crippen LogP contribution is 2.37. The van der Waals surface area contributed by atoms with Crippen LogP contribution < -0.4 is 4.74 Å². The van der Waals surface area contributed by atoms with Gasteiger partial charge in [0.25, 0.3) is 5.91 Å². The Morgan fingerprint density at radius 2 is 1.74 bits per heavy atom. The number of likely N-dealkylation sites (tertiary alicyclic amines) is 1. The lowest BCUT2D eigenvalue weighted by molar-refractivity contribution is -0.146. The molecule has 0 radical (unpaired) electrons. The van der Waals surface area contributed by atoms with Crippen molar-refractivity contribution in [2.45, 2.75) is 32.1 Å². The molecule has 6 nitrogen and oxygen atoms in total. The molecular formula is C29H30N2O4. The summed E-state index contributed by atoms with van der Waals surface area (Å²) in [5.74, 6) is 0.543. The molecule has 2 aliphatic rings. The number of methoxy groups -OCH3 is 2. The van der Waals surface area contributed by atoms with E-state index >= 15 is 0 Å². The fourth-order valence-corrected chi connectivity index (χ4v) is 5.26. The summed E-state index contributed by atoms with van der Waals surface area (Å²) in [7, 11) is 3.09. The SMILES string of the molecule is COC(=O)C1CCN(C(=O)c2c3c(nc4ccccc24)/C(=C\c2ccc(OC)cc2)CCC3)CC1. The van der Waals surface area contributed by atoms with E-state index in [1.807, 2.05) is 53.4 Å². The predicted molar refractivity (Wildman–Crippen MR) is 136 cm³/mol. The number of hydrogen-bond acceptors (Lipinski definition) is 5. The molecule has 0 N–H and O–H groups in total. The number of fused-ring (bicyclic) bond motifs is 2. The molecule has 1 fully saturated rings. The van der Waals surface area contributed by atoms with Gasteiger partial charge in [-0.3, -0.25) is 9.59 Å². The van der Waals surface area contributed by atoms with Gasteiger partial charge in [-0.1, -0.05) is 30.3 Å². The summed E-state index contributed by atoms with van der Waals surface area (Å²) in [6, 6.07) is 15.9. The number of benzene rings is 2. The van der Waals surface area contributed by atoms with E-state index in [1.165, 1.54) is 7.11 Å². The molecule has 2 heterocycles. The van der Waals surface area contributed by atoms with Crippen LogP contribution in [0.4, 0.5) is 0 Å². The quantitative estimate of drug-likeness (QED) is 0.494. The summed E-state index contributed by atoms with van der Waals surface area (Å²) < 4.78 is 10.2. The van der Waals surface area contributed by atoms with E-state index in [1.54, 1.807) is 7.11 Å². The lowest BCUT2D eigenvalue weighted by Crippen LogP contribution is -2.41. The van der Waals surface area contributed by atoms with Crippen molar-refractivity contribution < 1.29 is 19.1 Å². The highest BCUT2D eigenvalue weighted by Gasteiger charge is 2.32. The summed E-state index contributed by atoms with van der Waals surface area (Å²) in [5, 5.41) is 0.900. The van der Waals surface area contributed by atoms with Gasteiger partial charge in [-0.2, -0.15) is 0 Å². The van der Waals surface area contributed by atoms with Crippen LogP contribution in [0.15, 0.2) is 48.5 Å². The van der Waals surface area contributed by atoms with Crippen LogP contribution in [0.25, 0.3) is 22.6 Å². The van der Waals surface area contributed by atoms with Crippen LogP contribution in [0, 0.1) is 5.92 Å². The van der Waals surface area contributed by atoms with Crippen LogP contribution in [0.5, 0.6) is 5.75 Å². The highest BCUT2D eigenvalue weighted by atomic mass is 16.5. The molecule has 2 aromatic carbocycles. The lowest BCUT2D eigenvalue weighted by Gasteiger charge is -2.32. The maximum absolute atomic E-state index is 13.9. The van der Waals surface area contributed by atoms with Gasteiger partial charge >= 0.3 is 5.97 Å². The number of hydrogen-bond donors (Lipinski definition) is 0. The first-order valence-electron chi connectivity index (χ1n) is 12.2. The molecule has 1 saturated heterocycles. The number of nitrogens with zero attached hydrogens (tertiary/aromatic N) is 2. The molecule has 0 atom stereocenters. The summed E-state index contributed by atoms with van der Waals surface area (Å²) in [4.78, 5) is 32.8. The van der Waals surface area contributed by atoms with E-state index < -0.39 is 0 Å². The number of rotatable bonds is 4. The van der Waals surface area contributed by atoms with Gasteiger partial charge in [-0.15, -0.1) is 0 Å². The van der Waals surface area contributed by atoms with Crippen molar-refractivity contribution in [1.82, 2.24) is 9.88 Å². The molecule has 1 aromatic heterocycles. The van der Waals surface area contributed by atoms with Gasteiger partial charge in [0.05, 0.1) is 36.9 Å². The Hall–Kier alpha value is -3.67. The van der Waals surface area contributed by atoms with Gasteiger partial charge in [-0.25, -0.2) is 4.98 Å². The van der Waals surface area contributed by atoms with Crippen molar-refractivity contribution in [3.05, 3.63) is 70.9 Å². The number of pyridine rings is 1. The van der Waals surface area contributed by atoms with Crippen molar-refractivity contribution in [1.29, 1.82) is 0 Å². The summed E-state index contributed by atoms with van der Waals surface area (Å²) >= 11 is 0. The number of esters is 1. The molecule has 180 valence electrons. The topological polar surface area (TPSA) is 68.7 Å². The van der Waals surface area contributed by atoms with Gasteiger partial charge in [0, 0.05) is 18.5 Å². The second-order valence-electron chi connectivity index (χ2n) is 9.22. The first-order chi connectivity index (χ1) is 17.1. The monoisotopic (exact) mass is 470 g/mol. The van der Waals surface area contributed by atoms with Gasteiger partial charge in [0.15, 0.2) is 0 Å². The fourth-order valence-electron chi connectivity index (χ4n) is 5.26. The Labute approximate surface area is 205 Å². The molecule has 1 amide bonds. The van der Waals surface area contributed by atoms with Crippen molar-refractivity contribution >= 4 is 34.4 Å². The first kappa shape index (κ1) is 23.1. The summed E-state index contributed by atoms with van der Waals surface area (Å²) in [6.07, 6.45) is 6.16. The highest BCUT2D eigenvalue weighted by molar-refractivity contribution is 6.09. The minimum Gasteiger partial charge on any atom is -0.497 e. The van der Waals surface area contributed by atoms with Crippen molar-refractivity contribution in [2.75, 3.05) is 27.3 Å². The number of carbonyl (C=O) groups excluding carboxylic acids is 2. The third-order valence-electron chi connectivity index (χ3n) is 7.16. The second kappa shape index (κ2) is 9.90. The third kappa shape index (κ3) is 4.53. The van der Waals surface area contributed by atoms with Crippen molar-refractivity contribution in [3.63, 3.8) is 0 Å². The molecule has 6 heteroatoms. The normalized spacial score (nSPS) is 17.3. The average molecular weight is 471 g/mol. The number of piperidine rings is 1. The molecule has 1 aliphatic heterocycles. The van der Waals surface area contributed by atoms with Crippen LogP contribution in [0.3, 0.4) is 0 Å². The molecular weight excluding hydrogens is 440 g/mol. The first-order valence-corrected chi connectivity index (χ1v) is 12.2. The van der Waals surface area contributed by atoms with Crippen molar-refractivity contribution in [2.24, 2.45) is 5.92 Å². The van der Waals surface area contributed by atoms with E-state index in [2.05, 4.69) is 6.08 Å². The fraction of sp³-hybridized carbons (Fsp3) is 0.345. The number of ether oxygens (including phenoxy) is 2. The molecule has 0 saturated carbocycles. The molecule has 3 aromatic rings. The van der Waals surface area contributed by atoms with E-state index in [4.69, 9.17) is 14.5 Å². The zero-order valence-corrected chi connectivity index (χ0v) is 20.3. The van der Waals surface area contributed by atoms with Gasteiger partial charge in [0.2, 0.25) is 0 Å². The van der Waals surface area contributed by atoms with E-state index in [9.17, 15) is 9.59 Å². The average Bonchev–Trinajstić information content (AvgIpc) is 2.91. The van der Waals surface area contributed by atoms with E-state index in [-0.39, 0.29) is 17.8 Å². The zero-order valence-electron chi connectivity index (χ0n) is 20.3. The van der Waals surface area contributed by atoms with Crippen LogP contribution in [0.2, 0.25) is 0 Å². The van der Waals surface area contributed by atoms with Crippen LogP contribution in [-0.2, 0) is 16.0 Å². The largest absolute Gasteiger partial charge is 0.497 e. The molecule has 0 unspecified atom stereocenters. The Morgan fingerprint density at radius 1 is 1.00 bits per heavy atom. The Kier molecular flexibility index (Phi) is 6.53. The zero-order chi connectivity index (χ0) is 24.4. The second-order valence-corrected chi connectivity index (χ2v) is 9.22. The molecule has 0 bridgehead atoms. The van der Waals surface area contributed by atoms with Gasteiger partial charge in [0.1, 0.15) is 5.75 Å². The maximum Gasteiger partial charge on any atom is 0.308 e. The lowest BCUT2D eigenvalue weighted by atomic mass is 9.85. The van der Waals surface area contributed by atoms with Crippen LogP contribution in [0.1, 0.15) is 52.9 Å². The Balaban J connectivity index is 1.54. The predicted octanol–water partition coefficient (Wildman–Crippen LogP) is 5.15. The standard InChI is InChI=1S/C29H30N2O4/c1-34-22-12-10-19(11-13-22)18-21-6-5-8-24-26(23-7-3-4-9-25(23)30-27(21)24)28(32)31-16-14-20(15-17-31)29(33)35-2/h3-4,7,9-13,18,20H,5-6,8,14-17H2,1-2H3/b21-18-. The van der Waals surface area contributed by atoms with Gasteiger partial charge < -0.3 is 14.4 Å². The number of allylic oxidation sites excluding steroid dienone is 1. The smallest absolute Gasteiger partial charge is 0.308 e. The number of aromatic nitrogens is 1. The molecule has 5 rings (SSSR count). The van der Waals surface area contributed by atoms with Crippen LogP contribution in [-0.4, -0.2) is 49.1 Å². The molecule has 1 aliphatic carbocycles. The molecule has 0 spiro atoms.